The summed E-state index contributed by atoms with van der Waals surface area (Å²) < 4.78 is 2.50. The largest absolute Gasteiger partial charge is 1.00 e. The fraction of sp³-hybridized carbons (Fsp3) is 0.786. The molecule has 1 rings (SSSR count). The minimum Gasteiger partial charge on any atom is -1.00 e. The quantitative estimate of drug-likeness (QED) is 0.0413. The summed E-state index contributed by atoms with van der Waals surface area (Å²) in [5, 5.41) is 0. The zero-order chi connectivity index (χ0) is 30.7. The van der Waals surface area contributed by atoms with Crippen LogP contribution in [0.3, 0.4) is 0 Å². The second-order valence-electron chi connectivity index (χ2n) is 13.4. The van der Waals surface area contributed by atoms with E-state index in [-0.39, 0.29) is 12.4 Å². The number of pyridine rings is 1. The molecule has 0 bridgehead atoms. The molecule has 1 aromatic rings. The molecule has 0 spiro atoms. The topological polar surface area (TPSA) is 3.88 Å². The maximum absolute atomic E-state index is 2.50. The maximum Gasteiger partial charge on any atom is 0.169 e. The van der Waals surface area contributed by atoms with E-state index in [0.29, 0.717) is 6.04 Å². The number of rotatable bonds is 33. The van der Waals surface area contributed by atoms with Crippen LogP contribution in [0.15, 0.2) is 54.9 Å². The van der Waals surface area contributed by atoms with Crippen molar-refractivity contribution in [1.29, 1.82) is 0 Å². The Morgan fingerprint density at radius 3 is 1.02 bits per heavy atom. The van der Waals surface area contributed by atoms with Crippen molar-refractivity contribution in [2.75, 3.05) is 0 Å². The molecular formula is C42H76ClN. The lowest BCUT2D eigenvalue weighted by Crippen LogP contribution is -3.00. The minimum atomic E-state index is 0. The van der Waals surface area contributed by atoms with Crippen LogP contribution < -0.4 is 17.0 Å². The summed E-state index contributed by atoms with van der Waals surface area (Å²) in [6.07, 6.45) is 56.0. The van der Waals surface area contributed by atoms with Gasteiger partial charge in [-0.05, 0) is 64.2 Å². The number of aromatic nitrogens is 1. The van der Waals surface area contributed by atoms with Crippen molar-refractivity contribution >= 4 is 0 Å². The van der Waals surface area contributed by atoms with E-state index in [1.165, 1.54) is 193 Å². The highest BCUT2D eigenvalue weighted by molar-refractivity contribution is 4.84. The Morgan fingerprint density at radius 2 is 0.682 bits per heavy atom. The van der Waals surface area contributed by atoms with Gasteiger partial charge in [-0.1, -0.05) is 160 Å². The third-order valence-electron chi connectivity index (χ3n) is 9.26. The van der Waals surface area contributed by atoms with E-state index in [1.807, 2.05) is 0 Å². The first-order chi connectivity index (χ1) is 21.4. The number of nitrogens with zero attached hydrogens (tertiary/aromatic N) is 1. The average molecular weight is 631 g/mol. The van der Waals surface area contributed by atoms with Crippen LogP contribution in [0.4, 0.5) is 0 Å². The number of allylic oxidation sites excluding steroid dienone is 4. The van der Waals surface area contributed by atoms with Crippen molar-refractivity contribution in [2.45, 2.75) is 213 Å². The van der Waals surface area contributed by atoms with Gasteiger partial charge in [0.25, 0.3) is 0 Å². The van der Waals surface area contributed by atoms with Gasteiger partial charge in [0.15, 0.2) is 18.4 Å². The lowest BCUT2D eigenvalue weighted by atomic mass is 9.99. The molecule has 44 heavy (non-hydrogen) atoms. The van der Waals surface area contributed by atoms with Crippen LogP contribution in [0.5, 0.6) is 0 Å². The van der Waals surface area contributed by atoms with E-state index in [2.05, 4.69) is 73.3 Å². The van der Waals surface area contributed by atoms with E-state index in [9.17, 15) is 0 Å². The summed E-state index contributed by atoms with van der Waals surface area (Å²) in [5.41, 5.74) is 0. The predicted octanol–water partition coefficient (Wildman–Crippen LogP) is 11.4. The van der Waals surface area contributed by atoms with Crippen molar-refractivity contribution in [3.8, 4) is 0 Å². The number of hydrogen-bond donors (Lipinski definition) is 0. The first kappa shape index (κ1) is 42.9. The number of halogens is 1. The van der Waals surface area contributed by atoms with Crippen molar-refractivity contribution < 1.29 is 17.0 Å². The van der Waals surface area contributed by atoms with Crippen molar-refractivity contribution in [1.82, 2.24) is 0 Å². The fourth-order valence-electron chi connectivity index (χ4n) is 6.35. The van der Waals surface area contributed by atoms with Gasteiger partial charge in [-0.2, -0.15) is 0 Å². The second kappa shape index (κ2) is 36.4. The lowest BCUT2D eigenvalue weighted by Gasteiger charge is -2.12. The zero-order valence-corrected chi connectivity index (χ0v) is 30.6. The second-order valence-corrected chi connectivity index (χ2v) is 13.4. The first-order valence-corrected chi connectivity index (χ1v) is 19.6. The molecule has 0 unspecified atom stereocenters. The monoisotopic (exact) mass is 630 g/mol. The Morgan fingerprint density at radius 1 is 0.386 bits per heavy atom. The van der Waals surface area contributed by atoms with Crippen molar-refractivity contribution in [2.24, 2.45) is 0 Å². The molecule has 0 aliphatic heterocycles. The van der Waals surface area contributed by atoms with Crippen LogP contribution in [0.2, 0.25) is 0 Å². The maximum atomic E-state index is 2.50. The smallest absolute Gasteiger partial charge is 0.169 e. The van der Waals surface area contributed by atoms with E-state index in [4.69, 9.17) is 0 Å². The van der Waals surface area contributed by atoms with E-state index >= 15 is 0 Å². The Kier molecular flexibility index (Phi) is 35.5. The molecule has 0 amide bonds. The Hall–Kier alpha value is -1.08. The Labute approximate surface area is 283 Å². The summed E-state index contributed by atoms with van der Waals surface area (Å²) in [6.45, 7) is 4.59. The summed E-state index contributed by atoms with van der Waals surface area (Å²) in [5.74, 6) is 0. The molecule has 0 saturated carbocycles. The van der Waals surface area contributed by atoms with Crippen molar-refractivity contribution in [3.05, 3.63) is 54.9 Å². The molecule has 1 nitrogen and oxygen atoms in total. The van der Waals surface area contributed by atoms with Gasteiger partial charge in [-0.3, -0.25) is 0 Å². The third-order valence-corrected chi connectivity index (χ3v) is 9.26. The molecule has 256 valence electrons. The fourth-order valence-corrected chi connectivity index (χ4v) is 6.35. The highest BCUT2D eigenvalue weighted by Crippen LogP contribution is 2.20. The SMILES string of the molecule is CCCCCCCCC=CCCCCCCCCC(CCCCCCCCC=CCCCCCCCC)[n+]1ccccc1.[Cl-]. The highest BCUT2D eigenvalue weighted by atomic mass is 35.5. The van der Waals surface area contributed by atoms with Crippen LogP contribution in [-0.4, -0.2) is 0 Å². The van der Waals surface area contributed by atoms with Gasteiger partial charge in [0.1, 0.15) is 0 Å². The van der Waals surface area contributed by atoms with Gasteiger partial charge in [0.05, 0.1) is 0 Å². The molecule has 0 aromatic carbocycles. The predicted molar refractivity (Wildman–Crippen MR) is 194 cm³/mol. The van der Waals surface area contributed by atoms with Crippen LogP contribution in [-0.2, 0) is 0 Å². The van der Waals surface area contributed by atoms with Gasteiger partial charge in [0.2, 0.25) is 0 Å². The molecular weight excluding hydrogens is 554 g/mol. The summed E-state index contributed by atoms with van der Waals surface area (Å²) in [4.78, 5) is 0. The highest BCUT2D eigenvalue weighted by Gasteiger charge is 2.16. The van der Waals surface area contributed by atoms with Gasteiger partial charge in [0, 0.05) is 25.0 Å². The van der Waals surface area contributed by atoms with Crippen molar-refractivity contribution in [3.63, 3.8) is 0 Å². The molecule has 0 aliphatic rings. The van der Waals surface area contributed by atoms with Gasteiger partial charge in [-0.15, -0.1) is 0 Å². The first-order valence-electron chi connectivity index (χ1n) is 19.6. The molecule has 0 saturated heterocycles. The van der Waals surface area contributed by atoms with E-state index in [1.54, 1.807) is 0 Å². The standard InChI is InChI=1S/C42H76N.ClH/c1-3-5-7-9-11-13-15-17-19-21-23-25-27-29-31-34-38-42(43-40-36-33-37-41-43)39-35-32-30-28-26-24-22-20-18-16-14-12-10-8-6-4-2;/h17-20,33,36-37,40-42H,3-16,21-32,34-35,38-39H2,1-2H3;1H/q+1;/p-1. The molecule has 0 atom stereocenters. The third kappa shape index (κ3) is 29.6. The van der Waals surface area contributed by atoms with Crippen LogP contribution in [0.1, 0.15) is 213 Å². The molecule has 0 N–H and O–H groups in total. The Bertz CT molecular complexity index is 670. The molecule has 0 fully saturated rings. The van der Waals surface area contributed by atoms with Gasteiger partial charge >= 0.3 is 0 Å². The van der Waals surface area contributed by atoms with Gasteiger partial charge < -0.3 is 12.4 Å². The lowest BCUT2D eigenvalue weighted by molar-refractivity contribution is -0.724. The van der Waals surface area contributed by atoms with E-state index < -0.39 is 0 Å². The molecule has 0 radical (unpaired) electrons. The summed E-state index contributed by atoms with van der Waals surface area (Å²) >= 11 is 0. The molecule has 1 heterocycles. The zero-order valence-electron chi connectivity index (χ0n) is 29.8. The normalized spacial score (nSPS) is 12.3. The van der Waals surface area contributed by atoms with Crippen LogP contribution in [0.25, 0.3) is 0 Å². The molecule has 2 heteroatoms. The molecule has 0 aliphatic carbocycles. The van der Waals surface area contributed by atoms with Crippen LogP contribution in [0, 0.1) is 0 Å². The Balaban J connectivity index is 0.0000185. The minimum absolute atomic E-state index is 0. The van der Waals surface area contributed by atoms with Crippen LogP contribution >= 0.6 is 0 Å². The van der Waals surface area contributed by atoms with Gasteiger partial charge in [-0.25, -0.2) is 4.57 Å². The number of unbranched alkanes of at least 4 members (excludes halogenated alkanes) is 24. The average Bonchev–Trinajstić information content (AvgIpc) is 3.03. The number of hydrogen-bond acceptors (Lipinski definition) is 0. The summed E-state index contributed by atoms with van der Waals surface area (Å²) in [7, 11) is 0. The molecule has 1 aromatic heterocycles. The summed E-state index contributed by atoms with van der Waals surface area (Å²) in [6, 6.07) is 7.25. The van der Waals surface area contributed by atoms with E-state index in [0.717, 1.165) is 0 Å².